The minimum absolute atomic E-state index is 0.00600. The summed E-state index contributed by atoms with van der Waals surface area (Å²) in [5, 5.41) is 0. The first-order valence-corrected chi connectivity index (χ1v) is 7.58. The molecule has 0 radical (unpaired) electrons. The first-order chi connectivity index (χ1) is 10.5. The zero-order valence-corrected chi connectivity index (χ0v) is 14.1. The number of carbonyl (C=O) groups is 1. The molecular weight excluding hydrogens is 280 g/mol. The summed E-state index contributed by atoms with van der Waals surface area (Å²) >= 11 is 0. The zero-order chi connectivity index (χ0) is 16.5. The van der Waals surface area contributed by atoms with Crippen LogP contribution < -0.4 is 4.74 Å². The third-order valence-corrected chi connectivity index (χ3v) is 3.52. The molecule has 0 N–H and O–H groups in total. The number of hydrogen-bond acceptors (Lipinski definition) is 4. The van der Waals surface area contributed by atoms with Gasteiger partial charge in [0.25, 0.3) is 0 Å². The van der Waals surface area contributed by atoms with Crippen molar-refractivity contribution in [2.45, 2.75) is 40.4 Å². The first kappa shape index (κ1) is 18.2. The standard InChI is InChI=1S/C18H26O4/c1-6-21-18(19)14(3)11-13(2)15(4)22-12-16-7-9-17(20-5)10-8-16/h7-11,13,15H,6,12H2,1-5H3/b14-11+/t13-,15-/m1/s1. The van der Waals surface area contributed by atoms with Gasteiger partial charge in [0.1, 0.15) is 5.75 Å². The number of carbonyl (C=O) groups excluding carboxylic acids is 1. The lowest BCUT2D eigenvalue weighted by atomic mass is 10.0. The summed E-state index contributed by atoms with van der Waals surface area (Å²) in [7, 11) is 1.65. The molecule has 1 aromatic carbocycles. The third-order valence-electron chi connectivity index (χ3n) is 3.52. The van der Waals surface area contributed by atoms with Crippen molar-refractivity contribution in [1.82, 2.24) is 0 Å². The minimum atomic E-state index is -0.267. The van der Waals surface area contributed by atoms with Crippen LogP contribution in [0.2, 0.25) is 0 Å². The molecule has 4 nitrogen and oxygen atoms in total. The van der Waals surface area contributed by atoms with Crippen LogP contribution in [0.3, 0.4) is 0 Å². The summed E-state index contributed by atoms with van der Waals surface area (Å²) < 4.78 is 16.0. The summed E-state index contributed by atoms with van der Waals surface area (Å²) in [6.45, 7) is 8.52. The van der Waals surface area contributed by atoms with Crippen LogP contribution in [0.5, 0.6) is 5.75 Å². The number of hydrogen-bond donors (Lipinski definition) is 0. The maximum atomic E-state index is 11.6. The van der Waals surface area contributed by atoms with Crippen LogP contribution in [0.4, 0.5) is 0 Å². The molecular formula is C18H26O4. The Morgan fingerprint density at radius 3 is 2.41 bits per heavy atom. The van der Waals surface area contributed by atoms with Crippen molar-refractivity contribution in [2.24, 2.45) is 5.92 Å². The molecule has 0 fully saturated rings. The Balaban J connectivity index is 2.51. The van der Waals surface area contributed by atoms with Crippen LogP contribution >= 0.6 is 0 Å². The molecule has 1 rings (SSSR count). The second kappa shape index (κ2) is 9.26. The molecule has 0 saturated carbocycles. The van der Waals surface area contributed by atoms with E-state index in [4.69, 9.17) is 14.2 Å². The molecule has 2 atom stereocenters. The Kier molecular flexibility index (Phi) is 7.67. The van der Waals surface area contributed by atoms with Crippen molar-refractivity contribution in [3.05, 3.63) is 41.5 Å². The van der Waals surface area contributed by atoms with Gasteiger partial charge in [0, 0.05) is 11.5 Å². The molecule has 0 aromatic heterocycles. The van der Waals surface area contributed by atoms with Gasteiger partial charge in [-0.15, -0.1) is 0 Å². The van der Waals surface area contributed by atoms with Gasteiger partial charge >= 0.3 is 5.97 Å². The molecule has 0 amide bonds. The van der Waals surface area contributed by atoms with E-state index >= 15 is 0 Å². The van der Waals surface area contributed by atoms with Crippen LogP contribution in [0.25, 0.3) is 0 Å². The van der Waals surface area contributed by atoms with Gasteiger partial charge in [-0.1, -0.05) is 25.1 Å². The van der Waals surface area contributed by atoms with Crippen molar-refractivity contribution in [1.29, 1.82) is 0 Å². The number of rotatable bonds is 8. The zero-order valence-electron chi connectivity index (χ0n) is 14.1. The van der Waals surface area contributed by atoms with Crippen molar-refractivity contribution in [2.75, 3.05) is 13.7 Å². The Hall–Kier alpha value is -1.81. The molecule has 122 valence electrons. The highest BCUT2D eigenvalue weighted by molar-refractivity contribution is 5.87. The summed E-state index contributed by atoms with van der Waals surface area (Å²) in [5.41, 5.74) is 1.71. The van der Waals surface area contributed by atoms with E-state index in [1.165, 1.54) is 0 Å². The second-order valence-electron chi connectivity index (χ2n) is 5.29. The predicted molar refractivity (Wildman–Crippen MR) is 86.8 cm³/mol. The lowest BCUT2D eigenvalue weighted by Gasteiger charge is -2.18. The average molecular weight is 306 g/mol. The van der Waals surface area contributed by atoms with Crippen molar-refractivity contribution >= 4 is 5.97 Å². The van der Waals surface area contributed by atoms with E-state index in [2.05, 4.69) is 0 Å². The number of esters is 1. The van der Waals surface area contributed by atoms with Gasteiger partial charge in [-0.25, -0.2) is 4.79 Å². The van der Waals surface area contributed by atoms with E-state index in [9.17, 15) is 4.79 Å². The maximum absolute atomic E-state index is 11.6. The van der Waals surface area contributed by atoms with Crippen LogP contribution in [-0.4, -0.2) is 25.8 Å². The number of benzene rings is 1. The molecule has 4 heteroatoms. The van der Waals surface area contributed by atoms with Crippen molar-refractivity contribution < 1.29 is 19.0 Å². The SMILES string of the molecule is CCOC(=O)/C(C)=C/[C@@H](C)[C@@H](C)OCc1ccc(OC)cc1. The first-order valence-electron chi connectivity index (χ1n) is 7.58. The Morgan fingerprint density at radius 2 is 1.86 bits per heavy atom. The second-order valence-corrected chi connectivity index (χ2v) is 5.29. The van der Waals surface area contributed by atoms with E-state index in [-0.39, 0.29) is 18.0 Å². The highest BCUT2D eigenvalue weighted by Crippen LogP contribution is 2.16. The molecule has 0 bridgehead atoms. The number of methoxy groups -OCH3 is 1. The quantitative estimate of drug-likeness (QED) is 0.542. The fourth-order valence-electron chi connectivity index (χ4n) is 1.94. The minimum Gasteiger partial charge on any atom is -0.497 e. The summed E-state index contributed by atoms with van der Waals surface area (Å²) in [6.07, 6.45) is 1.91. The van der Waals surface area contributed by atoms with Gasteiger partial charge < -0.3 is 14.2 Å². The Bertz CT molecular complexity index is 490. The van der Waals surface area contributed by atoms with E-state index in [1.54, 1.807) is 21.0 Å². The molecule has 0 heterocycles. The van der Waals surface area contributed by atoms with Gasteiger partial charge in [0.05, 0.1) is 26.4 Å². The largest absolute Gasteiger partial charge is 0.497 e. The van der Waals surface area contributed by atoms with Gasteiger partial charge in [-0.3, -0.25) is 0 Å². The summed E-state index contributed by atoms with van der Waals surface area (Å²) in [4.78, 5) is 11.6. The molecule has 22 heavy (non-hydrogen) atoms. The van der Waals surface area contributed by atoms with Crippen molar-refractivity contribution in [3.63, 3.8) is 0 Å². The highest BCUT2D eigenvalue weighted by atomic mass is 16.5. The fourth-order valence-corrected chi connectivity index (χ4v) is 1.94. The lowest BCUT2D eigenvalue weighted by molar-refractivity contribution is -0.138. The normalized spacial score (nSPS) is 14.3. The predicted octanol–water partition coefficient (Wildman–Crippen LogP) is 3.75. The highest BCUT2D eigenvalue weighted by Gasteiger charge is 2.13. The monoisotopic (exact) mass is 306 g/mol. The third kappa shape index (κ3) is 5.90. The van der Waals surface area contributed by atoms with Gasteiger partial charge in [0.15, 0.2) is 0 Å². The Morgan fingerprint density at radius 1 is 1.23 bits per heavy atom. The molecule has 0 spiro atoms. The van der Waals surface area contributed by atoms with E-state index in [0.29, 0.717) is 18.8 Å². The van der Waals surface area contributed by atoms with Gasteiger partial charge in [-0.2, -0.15) is 0 Å². The van der Waals surface area contributed by atoms with E-state index < -0.39 is 0 Å². The molecule has 0 aliphatic heterocycles. The topological polar surface area (TPSA) is 44.8 Å². The average Bonchev–Trinajstić information content (AvgIpc) is 2.53. The summed E-state index contributed by atoms with van der Waals surface area (Å²) in [5.74, 6) is 0.692. The number of ether oxygens (including phenoxy) is 3. The van der Waals surface area contributed by atoms with Crippen molar-refractivity contribution in [3.8, 4) is 5.75 Å². The lowest BCUT2D eigenvalue weighted by Crippen LogP contribution is -2.18. The van der Waals surface area contributed by atoms with Gasteiger partial charge in [0.2, 0.25) is 0 Å². The molecule has 0 aliphatic rings. The smallest absolute Gasteiger partial charge is 0.333 e. The van der Waals surface area contributed by atoms with Gasteiger partial charge in [-0.05, 0) is 38.5 Å². The van der Waals surface area contributed by atoms with Crippen LogP contribution in [-0.2, 0) is 20.9 Å². The summed E-state index contributed by atoms with van der Waals surface area (Å²) in [6, 6.07) is 7.79. The van der Waals surface area contributed by atoms with E-state index in [1.807, 2.05) is 44.2 Å². The molecule has 0 aliphatic carbocycles. The fraction of sp³-hybridized carbons (Fsp3) is 0.500. The van der Waals surface area contributed by atoms with E-state index in [0.717, 1.165) is 11.3 Å². The maximum Gasteiger partial charge on any atom is 0.333 e. The molecule has 1 aromatic rings. The van der Waals surface area contributed by atoms with Crippen LogP contribution in [0.1, 0.15) is 33.3 Å². The van der Waals surface area contributed by atoms with Crippen LogP contribution in [0, 0.1) is 5.92 Å². The molecule has 0 unspecified atom stereocenters. The molecule has 0 saturated heterocycles. The Labute approximate surface area is 133 Å². The van der Waals surface area contributed by atoms with Crippen LogP contribution in [0.15, 0.2) is 35.9 Å².